The van der Waals surface area contributed by atoms with Gasteiger partial charge < -0.3 is 28.4 Å². The third-order valence-corrected chi connectivity index (χ3v) is 12.4. The fourth-order valence-corrected chi connectivity index (χ4v) is 8.16. The van der Waals surface area contributed by atoms with Crippen LogP contribution in [0.3, 0.4) is 0 Å². The number of unbranched alkanes of at least 4 members (excludes halogenated alkanes) is 20. The van der Waals surface area contributed by atoms with Crippen molar-refractivity contribution < 1.29 is 57.3 Å². The topological polar surface area (TPSA) is 184 Å². The van der Waals surface area contributed by atoms with Crippen LogP contribution in [-0.4, -0.2) is 67.5 Å². The maximum atomic E-state index is 12.9. The first-order valence-corrected chi connectivity index (χ1v) is 27.3. The smallest absolute Gasteiger partial charge is 0.465 e. The van der Waals surface area contributed by atoms with E-state index in [0.29, 0.717) is 6.42 Å². The number of benzene rings is 1. The molecular formula is C55H93NO13. The minimum absolute atomic E-state index is 0.0142. The first-order chi connectivity index (χ1) is 33.5. The van der Waals surface area contributed by atoms with E-state index in [9.17, 15) is 34.1 Å². The second-order valence-electron chi connectivity index (χ2n) is 18.9. The molecule has 0 saturated carbocycles. The van der Waals surface area contributed by atoms with Gasteiger partial charge in [0.2, 0.25) is 0 Å². The molecule has 0 fully saturated rings. The van der Waals surface area contributed by atoms with Gasteiger partial charge in [-0.3, -0.25) is 29.3 Å². The summed E-state index contributed by atoms with van der Waals surface area (Å²) in [6.45, 7) is 7.76. The number of rotatable bonds is 46. The molecule has 0 bridgehead atoms. The highest BCUT2D eigenvalue weighted by Gasteiger charge is 2.21. The van der Waals surface area contributed by atoms with Crippen LogP contribution < -0.4 is 4.74 Å². The van der Waals surface area contributed by atoms with Crippen molar-refractivity contribution in [2.24, 2.45) is 11.8 Å². The zero-order chi connectivity index (χ0) is 50.6. The number of nitro groups is 1. The Morgan fingerprint density at radius 1 is 0.464 bits per heavy atom. The third kappa shape index (κ3) is 37.3. The van der Waals surface area contributed by atoms with Crippen molar-refractivity contribution >= 4 is 35.7 Å². The van der Waals surface area contributed by atoms with Crippen LogP contribution in [0.15, 0.2) is 24.3 Å². The van der Waals surface area contributed by atoms with Crippen LogP contribution in [0.25, 0.3) is 0 Å². The molecule has 0 radical (unpaired) electrons. The van der Waals surface area contributed by atoms with Gasteiger partial charge in [0.1, 0.15) is 38.3 Å². The van der Waals surface area contributed by atoms with Crippen LogP contribution >= 0.6 is 0 Å². The van der Waals surface area contributed by atoms with Crippen molar-refractivity contribution in [2.45, 2.75) is 246 Å². The SMILES string of the molecule is CCCCCCCCC(CCCCCCCC)CC(=O)OCCC(=O)OCC(COC(=O)CCCC(=O)OC(CCCCCCCC)CCCCCCCC)COC(=O)Oc1ccc([N+](=O)[O-])cc1. The van der Waals surface area contributed by atoms with E-state index in [1.807, 2.05) is 0 Å². The van der Waals surface area contributed by atoms with Crippen LogP contribution in [0.4, 0.5) is 10.5 Å². The second-order valence-corrected chi connectivity index (χ2v) is 18.9. The monoisotopic (exact) mass is 976 g/mol. The molecule has 0 aliphatic carbocycles. The van der Waals surface area contributed by atoms with E-state index >= 15 is 0 Å². The summed E-state index contributed by atoms with van der Waals surface area (Å²) in [6.07, 6.45) is 31.1. The average Bonchev–Trinajstić information content (AvgIpc) is 3.33. The Hall–Kier alpha value is -4.23. The zero-order valence-corrected chi connectivity index (χ0v) is 43.5. The largest absolute Gasteiger partial charge is 0.513 e. The standard InChI is InChI=1S/C55H93NO13/c1-5-9-13-17-21-25-30-46(31-26-22-18-14-10-6-2)42-54(60)64-41-40-52(58)66-44-47(45-67-55(61)69-50-38-36-48(37-39-50)56(62)63)43-65-51(57)34-29-35-53(59)68-49(32-27-23-19-15-11-7-3)33-28-24-20-16-12-8-4/h36-39,46-47,49H,5-35,40-45H2,1-4H3. The van der Waals surface area contributed by atoms with Gasteiger partial charge in [-0.15, -0.1) is 0 Å². The average molecular weight is 976 g/mol. The molecule has 1 aromatic carbocycles. The number of hydrogen-bond donors (Lipinski definition) is 0. The fourth-order valence-electron chi connectivity index (χ4n) is 8.16. The van der Waals surface area contributed by atoms with Gasteiger partial charge in [-0.1, -0.05) is 169 Å². The summed E-state index contributed by atoms with van der Waals surface area (Å²) in [5, 5.41) is 11.0. The molecule has 1 atom stereocenters. The molecule has 0 aliphatic rings. The van der Waals surface area contributed by atoms with Gasteiger partial charge in [-0.05, 0) is 63.0 Å². The Morgan fingerprint density at radius 3 is 1.36 bits per heavy atom. The summed E-state index contributed by atoms with van der Waals surface area (Å²) in [5.74, 6) is -2.41. The van der Waals surface area contributed by atoms with Crippen LogP contribution in [0.5, 0.6) is 5.75 Å². The summed E-state index contributed by atoms with van der Waals surface area (Å²) in [5.41, 5.74) is -0.182. The molecule has 0 aromatic heterocycles. The minimum Gasteiger partial charge on any atom is -0.465 e. The zero-order valence-electron chi connectivity index (χ0n) is 43.5. The first-order valence-electron chi connectivity index (χ1n) is 27.3. The van der Waals surface area contributed by atoms with E-state index in [4.69, 9.17) is 28.4 Å². The van der Waals surface area contributed by atoms with E-state index in [-0.39, 0.29) is 87.5 Å². The highest BCUT2D eigenvalue weighted by Crippen LogP contribution is 2.24. The number of carbonyl (C=O) groups excluding carboxylic acids is 5. The molecule has 14 heteroatoms. The number of ether oxygens (including phenoxy) is 6. The Morgan fingerprint density at radius 2 is 0.884 bits per heavy atom. The van der Waals surface area contributed by atoms with Crippen LogP contribution in [-0.2, 0) is 42.9 Å². The molecule has 1 rings (SSSR count). The molecule has 1 unspecified atom stereocenters. The van der Waals surface area contributed by atoms with Crippen molar-refractivity contribution in [3.8, 4) is 5.75 Å². The maximum Gasteiger partial charge on any atom is 0.513 e. The molecule has 0 N–H and O–H groups in total. The quantitative estimate of drug-likeness (QED) is 0.0150. The van der Waals surface area contributed by atoms with Crippen molar-refractivity contribution in [3.63, 3.8) is 0 Å². The van der Waals surface area contributed by atoms with Gasteiger partial charge in [-0.2, -0.15) is 0 Å². The predicted octanol–water partition coefficient (Wildman–Crippen LogP) is 14.8. The Balaban J connectivity index is 2.73. The van der Waals surface area contributed by atoms with E-state index in [2.05, 4.69) is 27.7 Å². The summed E-state index contributed by atoms with van der Waals surface area (Å²) < 4.78 is 32.7. The van der Waals surface area contributed by atoms with Crippen molar-refractivity contribution in [1.82, 2.24) is 0 Å². The maximum absolute atomic E-state index is 12.9. The van der Waals surface area contributed by atoms with Gasteiger partial charge >= 0.3 is 30.0 Å². The van der Waals surface area contributed by atoms with E-state index in [0.717, 1.165) is 77.0 Å². The van der Waals surface area contributed by atoms with Crippen LogP contribution in [0, 0.1) is 22.0 Å². The number of carbonyl (C=O) groups is 5. The normalized spacial score (nSPS) is 11.6. The minimum atomic E-state index is -1.12. The summed E-state index contributed by atoms with van der Waals surface area (Å²) in [7, 11) is 0. The summed E-state index contributed by atoms with van der Waals surface area (Å²) >= 11 is 0. The van der Waals surface area contributed by atoms with Crippen molar-refractivity contribution in [2.75, 3.05) is 26.4 Å². The predicted molar refractivity (Wildman–Crippen MR) is 270 cm³/mol. The lowest BCUT2D eigenvalue weighted by Gasteiger charge is -2.18. The summed E-state index contributed by atoms with van der Waals surface area (Å²) in [6, 6.07) is 4.86. The lowest BCUT2D eigenvalue weighted by Crippen LogP contribution is -2.27. The third-order valence-electron chi connectivity index (χ3n) is 12.4. The summed E-state index contributed by atoms with van der Waals surface area (Å²) in [4.78, 5) is 74.4. The number of hydrogen-bond acceptors (Lipinski definition) is 13. The molecule has 396 valence electrons. The van der Waals surface area contributed by atoms with Gasteiger partial charge in [0.15, 0.2) is 0 Å². The Labute approximate surface area is 415 Å². The van der Waals surface area contributed by atoms with Crippen molar-refractivity contribution in [3.05, 3.63) is 34.4 Å². The number of nitrogens with zero attached hydrogens (tertiary/aromatic N) is 1. The van der Waals surface area contributed by atoms with Gasteiger partial charge in [-0.25, -0.2) is 4.79 Å². The molecule has 1 aromatic rings. The lowest BCUT2D eigenvalue weighted by molar-refractivity contribution is -0.384. The molecule has 0 amide bonds. The number of non-ortho nitro benzene ring substituents is 1. The molecule has 0 saturated heterocycles. The van der Waals surface area contributed by atoms with Gasteiger partial charge in [0.25, 0.3) is 5.69 Å². The Bertz CT molecular complexity index is 1380. The molecular weight excluding hydrogens is 883 g/mol. The molecule has 14 nitrogen and oxygen atoms in total. The van der Waals surface area contributed by atoms with E-state index < -0.39 is 28.9 Å². The van der Waals surface area contributed by atoms with Gasteiger partial charge in [0, 0.05) is 31.4 Å². The number of nitro benzene ring substituents is 1. The number of esters is 4. The highest BCUT2D eigenvalue weighted by molar-refractivity contribution is 5.73. The molecule has 69 heavy (non-hydrogen) atoms. The fraction of sp³-hybridized carbons (Fsp3) is 0.800. The lowest BCUT2D eigenvalue weighted by atomic mass is 9.91. The van der Waals surface area contributed by atoms with Gasteiger partial charge in [0.05, 0.1) is 17.3 Å². The highest BCUT2D eigenvalue weighted by atomic mass is 16.7. The molecule has 0 spiro atoms. The van der Waals surface area contributed by atoms with E-state index in [1.54, 1.807) is 0 Å². The first kappa shape index (κ1) is 62.8. The molecule has 0 aliphatic heterocycles. The van der Waals surface area contributed by atoms with E-state index in [1.165, 1.54) is 127 Å². The second kappa shape index (κ2) is 43.8. The molecule has 0 heterocycles. The van der Waals surface area contributed by atoms with Crippen LogP contribution in [0.2, 0.25) is 0 Å². The van der Waals surface area contributed by atoms with Crippen molar-refractivity contribution in [1.29, 1.82) is 0 Å². The Kier molecular flexibility index (Phi) is 39.8. The van der Waals surface area contributed by atoms with Crippen LogP contribution in [0.1, 0.15) is 240 Å².